The van der Waals surface area contributed by atoms with Crippen LogP contribution in [0.25, 0.3) is 0 Å². The molecule has 0 aliphatic carbocycles. The SMILES string of the molecule is CCOc1ccccc1NC(=O)COC(=O)c1ccc(O)cc1. The molecule has 0 bridgehead atoms. The summed E-state index contributed by atoms with van der Waals surface area (Å²) in [5, 5.41) is 11.8. The minimum absolute atomic E-state index is 0.0480. The molecule has 6 nitrogen and oxygen atoms in total. The highest BCUT2D eigenvalue weighted by Gasteiger charge is 2.12. The van der Waals surface area contributed by atoms with E-state index in [0.29, 0.717) is 18.0 Å². The Balaban J connectivity index is 1.90. The van der Waals surface area contributed by atoms with Gasteiger partial charge < -0.3 is 19.9 Å². The summed E-state index contributed by atoms with van der Waals surface area (Å²) in [6.07, 6.45) is 0. The lowest BCUT2D eigenvalue weighted by atomic mass is 10.2. The van der Waals surface area contributed by atoms with Gasteiger partial charge in [-0.05, 0) is 43.3 Å². The molecule has 2 N–H and O–H groups in total. The number of para-hydroxylation sites is 2. The normalized spacial score (nSPS) is 9.96. The van der Waals surface area contributed by atoms with Gasteiger partial charge in [0.1, 0.15) is 11.5 Å². The van der Waals surface area contributed by atoms with Gasteiger partial charge >= 0.3 is 5.97 Å². The van der Waals surface area contributed by atoms with Gasteiger partial charge in [-0.2, -0.15) is 0 Å². The van der Waals surface area contributed by atoms with Gasteiger partial charge in [0.25, 0.3) is 5.91 Å². The van der Waals surface area contributed by atoms with Crippen molar-refractivity contribution in [3.05, 3.63) is 54.1 Å². The third-order valence-electron chi connectivity index (χ3n) is 2.90. The molecule has 1 amide bonds. The number of phenolic OH excluding ortho intramolecular Hbond substituents is 1. The van der Waals surface area contributed by atoms with E-state index in [1.165, 1.54) is 24.3 Å². The number of nitrogens with one attached hydrogen (secondary N) is 1. The number of carbonyl (C=O) groups is 2. The maximum Gasteiger partial charge on any atom is 0.338 e. The van der Waals surface area contributed by atoms with E-state index in [-0.39, 0.29) is 11.3 Å². The van der Waals surface area contributed by atoms with Gasteiger partial charge in [0.05, 0.1) is 17.9 Å². The molecule has 0 saturated carbocycles. The molecule has 0 aliphatic rings. The second-order valence-electron chi connectivity index (χ2n) is 4.60. The summed E-state index contributed by atoms with van der Waals surface area (Å²) < 4.78 is 10.3. The molecule has 23 heavy (non-hydrogen) atoms. The first-order valence-corrected chi connectivity index (χ1v) is 7.08. The van der Waals surface area contributed by atoms with Crippen LogP contribution in [0.4, 0.5) is 5.69 Å². The first kappa shape index (κ1) is 16.4. The first-order chi connectivity index (χ1) is 11.1. The number of carbonyl (C=O) groups excluding carboxylic acids is 2. The topological polar surface area (TPSA) is 84.9 Å². The second kappa shape index (κ2) is 7.84. The Morgan fingerprint density at radius 3 is 2.48 bits per heavy atom. The van der Waals surface area contributed by atoms with Crippen LogP contribution in [0.5, 0.6) is 11.5 Å². The Bertz CT molecular complexity index is 682. The van der Waals surface area contributed by atoms with Gasteiger partial charge in [0, 0.05) is 0 Å². The maximum absolute atomic E-state index is 11.9. The zero-order valence-electron chi connectivity index (χ0n) is 12.6. The highest BCUT2D eigenvalue weighted by Crippen LogP contribution is 2.23. The highest BCUT2D eigenvalue weighted by atomic mass is 16.5. The van der Waals surface area contributed by atoms with Crippen molar-refractivity contribution in [2.75, 3.05) is 18.5 Å². The van der Waals surface area contributed by atoms with Gasteiger partial charge in [-0.15, -0.1) is 0 Å². The number of benzene rings is 2. The van der Waals surface area contributed by atoms with E-state index in [0.717, 1.165) is 0 Å². The van der Waals surface area contributed by atoms with Crippen LogP contribution >= 0.6 is 0 Å². The van der Waals surface area contributed by atoms with E-state index in [1.807, 2.05) is 6.92 Å². The number of phenols is 1. The predicted molar refractivity (Wildman–Crippen MR) is 84.6 cm³/mol. The summed E-state index contributed by atoms with van der Waals surface area (Å²) in [7, 11) is 0. The molecule has 0 atom stereocenters. The number of amides is 1. The van der Waals surface area contributed by atoms with Crippen molar-refractivity contribution in [3.63, 3.8) is 0 Å². The van der Waals surface area contributed by atoms with E-state index < -0.39 is 18.5 Å². The van der Waals surface area contributed by atoms with E-state index in [1.54, 1.807) is 24.3 Å². The third kappa shape index (κ3) is 4.74. The molecule has 0 saturated heterocycles. The van der Waals surface area contributed by atoms with Gasteiger partial charge in [-0.1, -0.05) is 12.1 Å². The summed E-state index contributed by atoms with van der Waals surface area (Å²) in [6, 6.07) is 12.6. The number of hydrogen-bond acceptors (Lipinski definition) is 5. The highest BCUT2D eigenvalue weighted by molar-refractivity contribution is 5.96. The number of aromatic hydroxyl groups is 1. The molecule has 0 fully saturated rings. The van der Waals surface area contributed by atoms with Crippen LogP contribution in [0.2, 0.25) is 0 Å². The molecular formula is C17H17NO5. The van der Waals surface area contributed by atoms with Crippen molar-refractivity contribution >= 4 is 17.6 Å². The van der Waals surface area contributed by atoms with Crippen LogP contribution in [0.3, 0.4) is 0 Å². The van der Waals surface area contributed by atoms with Crippen molar-refractivity contribution in [1.29, 1.82) is 0 Å². The molecule has 120 valence electrons. The molecule has 0 unspecified atom stereocenters. The third-order valence-corrected chi connectivity index (χ3v) is 2.90. The minimum Gasteiger partial charge on any atom is -0.508 e. The minimum atomic E-state index is -0.641. The number of anilines is 1. The van der Waals surface area contributed by atoms with Crippen LogP contribution in [0.15, 0.2) is 48.5 Å². The Labute approximate surface area is 133 Å². The first-order valence-electron chi connectivity index (χ1n) is 7.08. The van der Waals surface area contributed by atoms with E-state index in [2.05, 4.69) is 5.32 Å². The predicted octanol–water partition coefficient (Wildman–Crippen LogP) is 2.59. The molecule has 6 heteroatoms. The average Bonchev–Trinajstić information content (AvgIpc) is 2.55. The molecule has 0 spiro atoms. The van der Waals surface area contributed by atoms with Gasteiger partial charge in [0.15, 0.2) is 6.61 Å². The monoisotopic (exact) mass is 315 g/mol. The lowest BCUT2D eigenvalue weighted by molar-refractivity contribution is -0.119. The molecule has 0 heterocycles. The standard InChI is InChI=1S/C17H17NO5/c1-2-22-15-6-4-3-5-14(15)18-16(20)11-23-17(21)12-7-9-13(19)10-8-12/h3-10,19H,2,11H2,1H3,(H,18,20). The van der Waals surface area contributed by atoms with Crippen molar-refractivity contribution in [3.8, 4) is 11.5 Å². The van der Waals surface area contributed by atoms with E-state index in [4.69, 9.17) is 14.6 Å². The van der Waals surface area contributed by atoms with Crippen molar-refractivity contribution < 1.29 is 24.2 Å². The molecule has 2 aromatic rings. The van der Waals surface area contributed by atoms with Crippen molar-refractivity contribution in [2.24, 2.45) is 0 Å². The summed E-state index contributed by atoms with van der Waals surface area (Å²) in [5.74, 6) is -0.512. The Morgan fingerprint density at radius 1 is 1.09 bits per heavy atom. The largest absolute Gasteiger partial charge is 0.508 e. The number of ether oxygens (including phenoxy) is 2. The fraction of sp³-hybridized carbons (Fsp3) is 0.176. The molecule has 0 radical (unpaired) electrons. The zero-order chi connectivity index (χ0) is 16.7. The average molecular weight is 315 g/mol. The molecule has 0 aromatic heterocycles. The zero-order valence-corrected chi connectivity index (χ0v) is 12.6. The van der Waals surface area contributed by atoms with Gasteiger partial charge in [-0.3, -0.25) is 4.79 Å². The summed E-state index contributed by atoms with van der Waals surface area (Å²) >= 11 is 0. The number of rotatable bonds is 6. The van der Waals surface area contributed by atoms with Crippen LogP contribution in [-0.4, -0.2) is 30.2 Å². The lowest BCUT2D eigenvalue weighted by Crippen LogP contribution is -2.21. The smallest absolute Gasteiger partial charge is 0.338 e. The maximum atomic E-state index is 11.9. The van der Waals surface area contributed by atoms with E-state index in [9.17, 15) is 9.59 Å². The molecule has 0 aliphatic heterocycles. The summed E-state index contributed by atoms with van der Waals surface area (Å²) in [5.41, 5.74) is 0.769. The Morgan fingerprint density at radius 2 is 1.78 bits per heavy atom. The molecule has 2 aromatic carbocycles. The Hall–Kier alpha value is -3.02. The summed E-state index contributed by atoms with van der Waals surface area (Å²) in [4.78, 5) is 23.6. The van der Waals surface area contributed by atoms with Gasteiger partial charge in [-0.25, -0.2) is 4.79 Å². The fourth-order valence-electron chi connectivity index (χ4n) is 1.85. The van der Waals surface area contributed by atoms with E-state index >= 15 is 0 Å². The van der Waals surface area contributed by atoms with Crippen molar-refractivity contribution in [1.82, 2.24) is 0 Å². The second-order valence-corrected chi connectivity index (χ2v) is 4.60. The quantitative estimate of drug-likeness (QED) is 0.800. The van der Waals surface area contributed by atoms with Gasteiger partial charge in [0.2, 0.25) is 0 Å². The Kier molecular flexibility index (Phi) is 5.57. The van der Waals surface area contributed by atoms with Crippen molar-refractivity contribution in [2.45, 2.75) is 6.92 Å². The van der Waals surface area contributed by atoms with Crippen LogP contribution in [0, 0.1) is 0 Å². The van der Waals surface area contributed by atoms with Crippen LogP contribution in [0.1, 0.15) is 17.3 Å². The van der Waals surface area contributed by atoms with Crippen LogP contribution < -0.4 is 10.1 Å². The number of esters is 1. The molecular weight excluding hydrogens is 298 g/mol. The molecule has 2 rings (SSSR count). The number of hydrogen-bond donors (Lipinski definition) is 2. The fourth-order valence-corrected chi connectivity index (χ4v) is 1.85. The van der Waals surface area contributed by atoms with Crippen LogP contribution in [-0.2, 0) is 9.53 Å². The lowest BCUT2D eigenvalue weighted by Gasteiger charge is -2.11. The summed E-state index contributed by atoms with van der Waals surface area (Å²) in [6.45, 7) is 1.90.